The van der Waals surface area contributed by atoms with E-state index in [1.54, 1.807) is 28.6 Å². The van der Waals surface area contributed by atoms with Gasteiger partial charge in [0.25, 0.3) is 0 Å². The lowest BCUT2D eigenvalue weighted by Gasteiger charge is -2.20. The lowest BCUT2D eigenvalue weighted by atomic mass is 10.3. The van der Waals surface area contributed by atoms with Crippen molar-refractivity contribution in [3.8, 4) is 0 Å². The van der Waals surface area contributed by atoms with Gasteiger partial charge in [0, 0.05) is 12.0 Å². The molecule has 0 radical (unpaired) electrons. The van der Waals surface area contributed by atoms with Gasteiger partial charge in [-0.2, -0.15) is 4.31 Å². The molecule has 4 rings (SSSR count). The van der Waals surface area contributed by atoms with Gasteiger partial charge in [0.1, 0.15) is 11.5 Å². The van der Waals surface area contributed by atoms with Crippen molar-refractivity contribution in [2.24, 2.45) is 5.92 Å². The molecule has 0 aliphatic heterocycles. The van der Waals surface area contributed by atoms with E-state index in [2.05, 4.69) is 6.92 Å². The monoisotopic (exact) mass is 331 g/mol. The maximum Gasteiger partial charge on any atom is 0.243 e. The molecule has 2 aromatic rings. The molecular formula is C18H21NO3S. The minimum Gasteiger partial charge on any atom is -0.464 e. The van der Waals surface area contributed by atoms with Crippen LogP contribution in [0.1, 0.15) is 43.6 Å². The second-order valence-corrected chi connectivity index (χ2v) is 8.61. The summed E-state index contributed by atoms with van der Waals surface area (Å²) in [4.78, 5) is 0.356. The molecule has 0 amide bonds. The van der Waals surface area contributed by atoms with Crippen molar-refractivity contribution in [1.29, 1.82) is 0 Å². The molecule has 2 atom stereocenters. The maximum absolute atomic E-state index is 12.9. The molecule has 2 unspecified atom stereocenters. The normalized spacial score (nSPS) is 24.1. The first-order valence-corrected chi connectivity index (χ1v) is 9.65. The highest BCUT2D eigenvalue weighted by molar-refractivity contribution is 7.89. The Balaban J connectivity index is 1.58. The van der Waals surface area contributed by atoms with Gasteiger partial charge in [-0.15, -0.1) is 0 Å². The molecule has 2 aliphatic carbocycles. The fourth-order valence-electron chi connectivity index (χ4n) is 3.05. The number of sulfonamides is 1. The van der Waals surface area contributed by atoms with Crippen LogP contribution in [0.15, 0.2) is 51.8 Å². The average molecular weight is 331 g/mol. The summed E-state index contributed by atoms with van der Waals surface area (Å²) in [5.74, 6) is 2.94. The SMILES string of the molecule is CC1CC1c1ccc(CN(C2CC2)S(=O)(=O)c2ccccc2)o1. The first kappa shape index (κ1) is 15.0. The first-order valence-electron chi connectivity index (χ1n) is 8.21. The highest BCUT2D eigenvalue weighted by Crippen LogP contribution is 2.47. The Hall–Kier alpha value is -1.59. The number of hydrogen-bond donors (Lipinski definition) is 0. The fourth-order valence-corrected chi connectivity index (χ4v) is 4.72. The van der Waals surface area contributed by atoms with E-state index < -0.39 is 10.0 Å². The van der Waals surface area contributed by atoms with Crippen LogP contribution in [0.4, 0.5) is 0 Å². The lowest BCUT2D eigenvalue weighted by Crippen LogP contribution is -2.32. The van der Waals surface area contributed by atoms with Crippen molar-refractivity contribution in [3.05, 3.63) is 54.0 Å². The minimum absolute atomic E-state index is 0.105. The Labute approximate surface area is 137 Å². The summed E-state index contributed by atoms with van der Waals surface area (Å²) in [6, 6.07) is 12.7. The predicted molar refractivity (Wildman–Crippen MR) is 87.4 cm³/mol. The van der Waals surface area contributed by atoms with Crippen LogP contribution >= 0.6 is 0 Å². The molecule has 1 heterocycles. The van der Waals surface area contributed by atoms with Crippen LogP contribution in [0.3, 0.4) is 0 Å². The Morgan fingerprint density at radius 2 is 1.83 bits per heavy atom. The van der Waals surface area contributed by atoms with E-state index in [-0.39, 0.29) is 6.04 Å². The zero-order chi connectivity index (χ0) is 16.0. The Bertz CT molecular complexity index is 793. The molecular weight excluding hydrogens is 310 g/mol. The average Bonchev–Trinajstić information content (AvgIpc) is 3.47. The summed E-state index contributed by atoms with van der Waals surface area (Å²) in [5, 5.41) is 0. The van der Waals surface area contributed by atoms with E-state index in [1.165, 1.54) is 6.42 Å². The second kappa shape index (κ2) is 5.49. The van der Waals surface area contributed by atoms with Gasteiger partial charge in [-0.05, 0) is 49.4 Å². The number of benzene rings is 1. The van der Waals surface area contributed by atoms with Crippen molar-refractivity contribution in [2.75, 3.05) is 0 Å². The summed E-state index contributed by atoms with van der Waals surface area (Å²) in [5.41, 5.74) is 0. The van der Waals surface area contributed by atoms with Crippen LogP contribution in [-0.2, 0) is 16.6 Å². The van der Waals surface area contributed by atoms with Gasteiger partial charge >= 0.3 is 0 Å². The summed E-state index contributed by atoms with van der Waals surface area (Å²) in [6.07, 6.45) is 3.03. The van der Waals surface area contributed by atoms with Gasteiger partial charge in [-0.1, -0.05) is 25.1 Å². The third kappa shape index (κ3) is 2.95. The molecule has 2 saturated carbocycles. The van der Waals surface area contributed by atoms with Gasteiger partial charge in [0.2, 0.25) is 10.0 Å². The van der Waals surface area contributed by atoms with Crippen molar-refractivity contribution >= 4 is 10.0 Å². The summed E-state index contributed by atoms with van der Waals surface area (Å²) in [7, 11) is -3.47. The van der Waals surface area contributed by atoms with E-state index in [0.717, 1.165) is 24.4 Å². The molecule has 1 aromatic carbocycles. The molecule has 2 aliphatic rings. The highest BCUT2D eigenvalue weighted by atomic mass is 32.2. The van der Waals surface area contributed by atoms with Crippen LogP contribution in [0.5, 0.6) is 0 Å². The van der Waals surface area contributed by atoms with Crippen molar-refractivity contribution < 1.29 is 12.8 Å². The quantitative estimate of drug-likeness (QED) is 0.810. The molecule has 2 fully saturated rings. The van der Waals surface area contributed by atoms with Gasteiger partial charge in [-0.25, -0.2) is 8.42 Å². The third-order valence-electron chi connectivity index (χ3n) is 4.77. The van der Waals surface area contributed by atoms with E-state index in [4.69, 9.17) is 4.42 Å². The summed E-state index contributed by atoms with van der Waals surface area (Å²) in [6.45, 7) is 2.53. The van der Waals surface area contributed by atoms with E-state index >= 15 is 0 Å². The second-order valence-electron chi connectivity index (χ2n) is 6.72. The van der Waals surface area contributed by atoms with Gasteiger partial charge in [0.15, 0.2) is 0 Å². The third-order valence-corrected chi connectivity index (χ3v) is 6.69. The molecule has 23 heavy (non-hydrogen) atoms. The van der Waals surface area contributed by atoms with Crippen LogP contribution in [0.25, 0.3) is 0 Å². The Morgan fingerprint density at radius 1 is 1.13 bits per heavy atom. The molecule has 0 spiro atoms. The Morgan fingerprint density at radius 3 is 2.43 bits per heavy atom. The van der Waals surface area contributed by atoms with Crippen molar-refractivity contribution in [3.63, 3.8) is 0 Å². The van der Waals surface area contributed by atoms with Gasteiger partial charge in [-0.3, -0.25) is 0 Å². The zero-order valence-corrected chi connectivity index (χ0v) is 14.0. The van der Waals surface area contributed by atoms with E-state index in [1.807, 2.05) is 18.2 Å². The summed E-state index contributed by atoms with van der Waals surface area (Å²) < 4.78 is 33.3. The smallest absolute Gasteiger partial charge is 0.243 e. The van der Waals surface area contributed by atoms with Crippen molar-refractivity contribution in [2.45, 2.75) is 49.6 Å². The standard InChI is InChI=1S/C18H21NO3S/c1-13-11-17(13)18-10-9-15(22-18)12-19(14-7-8-14)23(20,21)16-5-3-2-4-6-16/h2-6,9-10,13-14,17H,7-8,11-12H2,1H3. The number of hydrogen-bond acceptors (Lipinski definition) is 3. The molecule has 122 valence electrons. The minimum atomic E-state index is -3.47. The highest BCUT2D eigenvalue weighted by Gasteiger charge is 2.40. The first-order chi connectivity index (χ1) is 11.1. The van der Waals surface area contributed by atoms with Crippen LogP contribution < -0.4 is 0 Å². The predicted octanol–water partition coefficient (Wildman–Crippen LogP) is 3.76. The van der Waals surface area contributed by atoms with E-state index in [9.17, 15) is 8.42 Å². The van der Waals surface area contributed by atoms with E-state index in [0.29, 0.717) is 23.3 Å². The zero-order valence-electron chi connectivity index (χ0n) is 13.2. The number of furan rings is 1. The molecule has 0 saturated heterocycles. The summed E-state index contributed by atoms with van der Waals surface area (Å²) >= 11 is 0. The van der Waals surface area contributed by atoms with Gasteiger partial charge in [0.05, 0.1) is 11.4 Å². The number of rotatable bonds is 6. The number of nitrogens with zero attached hydrogens (tertiary/aromatic N) is 1. The van der Waals surface area contributed by atoms with Crippen LogP contribution in [0, 0.1) is 5.92 Å². The molecule has 0 bridgehead atoms. The fraction of sp³-hybridized carbons (Fsp3) is 0.444. The molecule has 0 N–H and O–H groups in total. The largest absolute Gasteiger partial charge is 0.464 e. The molecule has 4 nitrogen and oxygen atoms in total. The molecule has 5 heteroatoms. The molecule has 1 aromatic heterocycles. The lowest BCUT2D eigenvalue weighted by molar-refractivity contribution is 0.347. The van der Waals surface area contributed by atoms with Gasteiger partial charge < -0.3 is 4.42 Å². The maximum atomic E-state index is 12.9. The topological polar surface area (TPSA) is 50.5 Å². The Kier molecular flexibility index (Phi) is 3.58. The van der Waals surface area contributed by atoms with Crippen LogP contribution in [-0.4, -0.2) is 18.8 Å². The van der Waals surface area contributed by atoms with Crippen molar-refractivity contribution in [1.82, 2.24) is 4.31 Å². The van der Waals surface area contributed by atoms with Crippen LogP contribution in [0.2, 0.25) is 0 Å².